The van der Waals surface area contributed by atoms with Crippen molar-refractivity contribution in [2.75, 3.05) is 5.32 Å². The van der Waals surface area contributed by atoms with Crippen LogP contribution < -0.4 is 5.32 Å². The second kappa shape index (κ2) is 11.1. The van der Waals surface area contributed by atoms with Crippen molar-refractivity contribution in [2.24, 2.45) is 5.92 Å². The molecular weight excluding hydrogens is 496 g/mol. The van der Waals surface area contributed by atoms with Gasteiger partial charge in [0.05, 0.1) is 28.8 Å². The molecule has 7 heteroatoms. The second-order valence-corrected chi connectivity index (χ2v) is 10.4. The van der Waals surface area contributed by atoms with E-state index in [2.05, 4.69) is 56.1 Å². The van der Waals surface area contributed by atoms with Crippen molar-refractivity contribution in [1.82, 2.24) is 25.1 Å². The number of hydrogen-bond donors (Lipinski definition) is 3. The highest BCUT2D eigenvalue weighted by atomic mass is 16.1. The average Bonchev–Trinajstić information content (AvgIpc) is 3.59. The lowest BCUT2D eigenvalue weighted by molar-refractivity contribution is -0.120. The third-order valence-electron chi connectivity index (χ3n) is 7.66. The number of carbonyl (C=O) groups excluding carboxylic acids is 1. The number of aromatic amines is 2. The number of amides is 1. The molecule has 1 aliphatic carbocycles. The van der Waals surface area contributed by atoms with Gasteiger partial charge in [-0.15, -0.1) is 0 Å². The van der Waals surface area contributed by atoms with E-state index >= 15 is 0 Å². The molecule has 4 heterocycles. The van der Waals surface area contributed by atoms with Crippen LogP contribution in [-0.2, 0) is 4.79 Å². The van der Waals surface area contributed by atoms with Gasteiger partial charge in [-0.3, -0.25) is 19.9 Å². The molecule has 0 atom stereocenters. The number of pyridine rings is 2. The van der Waals surface area contributed by atoms with Gasteiger partial charge in [-0.05, 0) is 61.7 Å². The zero-order valence-electron chi connectivity index (χ0n) is 22.6. The lowest BCUT2D eigenvalue weighted by Gasteiger charge is -2.20. The lowest BCUT2D eigenvalue weighted by Crippen LogP contribution is -2.24. The summed E-state index contributed by atoms with van der Waals surface area (Å²) in [5, 5.41) is 11.9. The monoisotopic (exact) mass is 528 g/mol. The van der Waals surface area contributed by atoms with Gasteiger partial charge in [0.1, 0.15) is 5.69 Å². The highest BCUT2D eigenvalue weighted by Crippen LogP contribution is 2.34. The molecule has 1 fully saturated rings. The first-order valence-electron chi connectivity index (χ1n) is 13.8. The number of carbonyl (C=O) groups is 1. The predicted molar refractivity (Wildman–Crippen MR) is 161 cm³/mol. The van der Waals surface area contributed by atoms with Crippen LogP contribution in [0.1, 0.15) is 49.1 Å². The Bertz CT molecular complexity index is 1710. The molecule has 3 N–H and O–H groups in total. The average molecular weight is 529 g/mol. The Balaban J connectivity index is 1.32. The molecule has 4 aromatic heterocycles. The van der Waals surface area contributed by atoms with E-state index in [1.165, 1.54) is 6.42 Å². The van der Waals surface area contributed by atoms with Gasteiger partial charge < -0.3 is 10.3 Å². The van der Waals surface area contributed by atoms with E-state index in [-0.39, 0.29) is 11.8 Å². The molecule has 0 unspecified atom stereocenters. The SMILES string of the molecule is C=C/C=C(/c1ccccn1)c1cc(-c2n[nH]c3ccc(-c4cncc(NC(=O)C5CCCCC5)c4)cc23)[nH]c1C. The molecule has 1 aliphatic rings. The summed E-state index contributed by atoms with van der Waals surface area (Å²) in [5.41, 5.74) is 9.29. The Labute approximate surface area is 233 Å². The second-order valence-electron chi connectivity index (χ2n) is 10.4. The minimum Gasteiger partial charge on any atom is -0.357 e. The molecule has 0 spiro atoms. The number of anilines is 1. The predicted octanol–water partition coefficient (Wildman–Crippen LogP) is 7.46. The number of benzene rings is 1. The van der Waals surface area contributed by atoms with Crippen LogP contribution in [0.2, 0.25) is 0 Å². The fraction of sp³-hybridized carbons (Fsp3) is 0.212. The van der Waals surface area contributed by atoms with Crippen molar-refractivity contribution in [1.29, 1.82) is 0 Å². The van der Waals surface area contributed by atoms with Gasteiger partial charge in [0.25, 0.3) is 0 Å². The van der Waals surface area contributed by atoms with Crippen molar-refractivity contribution in [3.05, 3.63) is 103 Å². The molecule has 7 nitrogen and oxygen atoms in total. The topological polar surface area (TPSA) is 99.3 Å². The molecule has 0 aliphatic heterocycles. The number of fused-ring (bicyclic) bond motifs is 1. The van der Waals surface area contributed by atoms with Crippen molar-refractivity contribution in [3.63, 3.8) is 0 Å². The molecule has 1 aromatic carbocycles. The first-order valence-corrected chi connectivity index (χ1v) is 13.8. The number of rotatable bonds is 7. The summed E-state index contributed by atoms with van der Waals surface area (Å²) in [6.45, 7) is 5.96. The highest BCUT2D eigenvalue weighted by molar-refractivity contribution is 5.97. The molecular formula is C33H32N6O. The Hall–Kier alpha value is -4.78. The Morgan fingerprint density at radius 1 is 1.05 bits per heavy atom. The Kier molecular flexibility index (Phi) is 7.10. The largest absolute Gasteiger partial charge is 0.357 e. The first kappa shape index (κ1) is 25.5. The van der Waals surface area contributed by atoms with E-state index in [4.69, 9.17) is 0 Å². The van der Waals surface area contributed by atoms with Crippen molar-refractivity contribution in [2.45, 2.75) is 39.0 Å². The molecule has 0 saturated heterocycles. The smallest absolute Gasteiger partial charge is 0.227 e. The zero-order valence-corrected chi connectivity index (χ0v) is 22.6. The maximum Gasteiger partial charge on any atom is 0.227 e. The fourth-order valence-electron chi connectivity index (χ4n) is 5.59. The van der Waals surface area contributed by atoms with E-state index in [9.17, 15) is 4.79 Å². The maximum absolute atomic E-state index is 12.8. The minimum absolute atomic E-state index is 0.0934. The number of aromatic nitrogens is 5. The fourth-order valence-corrected chi connectivity index (χ4v) is 5.59. The summed E-state index contributed by atoms with van der Waals surface area (Å²) in [6.07, 6.45) is 14.5. The molecule has 1 saturated carbocycles. The summed E-state index contributed by atoms with van der Waals surface area (Å²) in [4.78, 5) is 25.3. The zero-order chi connectivity index (χ0) is 27.5. The van der Waals surface area contributed by atoms with Gasteiger partial charge in [0, 0.05) is 46.1 Å². The van der Waals surface area contributed by atoms with Crippen molar-refractivity contribution in [3.8, 4) is 22.5 Å². The van der Waals surface area contributed by atoms with Crippen LogP contribution in [0.4, 0.5) is 5.69 Å². The maximum atomic E-state index is 12.8. The normalized spacial score (nSPS) is 14.4. The molecule has 40 heavy (non-hydrogen) atoms. The van der Waals surface area contributed by atoms with Gasteiger partial charge >= 0.3 is 0 Å². The van der Waals surface area contributed by atoms with E-state index in [1.54, 1.807) is 18.5 Å². The molecule has 0 radical (unpaired) electrons. The van der Waals surface area contributed by atoms with Crippen LogP contribution in [0.15, 0.2) is 85.9 Å². The summed E-state index contributed by atoms with van der Waals surface area (Å²) in [7, 11) is 0. The molecule has 0 bridgehead atoms. The third kappa shape index (κ3) is 5.10. The number of aryl methyl sites for hydroxylation is 1. The van der Waals surface area contributed by atoms with Crippen LogP contribution in [0.25, 0.3) is 39.0 Å². The Morgan fingerprint density at radius 3 is 2.73 bits per heavy atom. The van der Waals surface area contributed by atoms with Crippen LogP contribution in [0.5, 0.6) is 0 Å². The highest BCUT2D eigenvalue weighted by Gasteiger charge is 2.21. The number of H-pyrrole nitrogens is 2. The Morgan fingerprint density at radius 2 is 1.93 bits per heavy atom. The van der Waals surface area contributed by atoms with Gasteiger partial charge in [-0.1, -0.05) is 50.1 Å². The van der Waals surface area contributed by atoms with Gasteiger partial charge in [-0.25, -0.2) is 0 Å². The first-order chi connectivity index (χ1) is 19.6. The third-order valence-corrected chi connectivity index (χ3v) is 7.66. The van der Waals surface area contributed by atoms with Crippen molar-refractivity contribution >= 4 is 28.1 Å². The van der Waals surface area contributed by atoms with E-state index in [0.717, 1.165) is 87.3 Å². The van der Waals surface area contributed by atoms with Gasteiger partial charge in [-0.2, -0.15) is 5.10 Å². The van der Waals surface area contributed by atoms with E-state index < -0.39 is 0 Å². The summed E-state index contributed by atoms with van der Waals surface area (Å²) in [5.74, 6) is 0.190. The summed E-state index contributed by atoms with van der Waals surface area (Å²) >= 11 is 0. The standard InChI is InChI=1S/C33H32N6O/c1-3-9-26(29-12-7-8-15-35-29)27-18-31(36-21(27)2)32-28-17-23(13-14-30(28)38-39-32)24-16-25(20-34-19-24)37-33(40)22-10-5-4-6-11-22/h3,7-9,12-20,22,36H,1,4-6,10-11H2,2H3,(H,37,40)(H,38,39)/b26-9+. The molecule has 200 valence electrons. The summed E-state index contributed by atoms with van der Waals surface area (Å²) < 4.78 is 0. The van der Waals surface area contributed by atoms with Crippen molar-refractivity contribution < 1.29 is 4.79 Å². The van der Waals surface area contributed by atoms with Gasteiger partial charge in [0.2, 0.25) is 5.91 Å². The number of hydrogen-bond acceptors (Lipinski definition) is 4. The lowest BCUT2D eigenvalue weighted by atomic mass is 9.88. The molecule has 6 rings (SSSR count). The van der Waals surface area contributed by atoms with Crippen LogP contribution in [0.3, 0.4) is 0 Å². The summed E-state index contributed by atoms with van der Waals surface area (Å²) in [6, 6.07) is 16.2. The quantitative estimate of drug-likeness (QED) is 0.191. The minimum atomic E-state index is 0.0934. The number of allylic oxidation sites excluding steroid dienone is 2. The van der Waals surface area contributed by atoms with E-state index in [0.29, 0.717) is 0 Å². The molecule has 5 aromatic rings. The van der Waals surface area contributed by atoms with E-state index in [1.807, 2.05) is 48.7 Å². The number of nitrogens with one attached hydrogen (secondary N) is 3. The molecule has 1 amide bonds. The van der Waals surface area contributed by atoms with Gasteiger partial charge in [0.15, 0.2) is 0 Å². The van der Waals surface area contributed by atoms with Crippen LogP contribution in [0, 0.1) is 12.8 Å². The van der Waals surface area contributed by atoms with Crippen LogP contribution in [-0.4, -0.2) is 31.1 Å². The van der Waals surface area contributed by atoms with Crippen LogP contribution >= 0.6 is 0 Å². The number of nitrogens with zero attached hydrogens (tertiary/aromatic N) is 3.